The highest BCUT2D eigenvalue weighted by atomic mass is 32.2. The van der Waals surface area contributed by atoms with Crippen molar-refractivity contribution < 1.29 is 17.9 Å². The zero-order valence-corrected chi connectivity index (χ0v) is 19.0. The number of fused-ring (bicyclic) bond motifs is 1. The second-order valence-electron chi connectivity index (χ2n) is 7.80. The van der Waals surface area contributed by atoms with Gasteiger partial charge in [0.05, 0.1) is 23.5 Å². The van der Waals surface area contributed by atoms with Crippen molar-refractivity contribution in [1.82, 2.24) is 14.2 Å². The second kappa shape index (κ2) is 8.68. The zero-order valence-electron chi connectivity index (χ0n) is 17.4. The molecule has 0 spiro atoms. The predicted molar refractivity (Wildman–Crippen MR) is 119 cm³/mol. The summed E-state index contributed by atoms with van der Waals surface area (Å²) >= 11 is 1.64. The molecule has 0 saturated carbocycles. The molecule has 1 aromatic carbocycles. The van der Waals surface area contributed by atoms with Crippen LogP contribution in [0, 0.1) is 5.92 Å². The number of ether oxygens (including phenoxy) is 1. The molecule has 8 nitrogen and oxygen atoms in total. The molecule has 4 rings (SSSR count). The van der Waals surface area contributed by atoms with Gasteiger partial charge in [-0.25, -0.2) is 17.7 Å². The lowest BCUT2D eigenvalue weighted by atomic mass is 9.98. The number of hydrogen-bond donors (Lipinski definition) is 0. The quantitative estimate of drug-likeness (QED) is 0.690. The van der Waals surface area contributed by atoms with E-state index in [1.54, 1.807) is 11.3 Å². The van der Waals surface area contributed by atoms with Crippen LogP contribution in [0.15, 0.2) is 18.2 Å². The fraction of sp³-hybridized carbons (Fsp3) is 0.600. The number of benzene rings is 1. The first-order valence-electron chi connectivity index (χ1n) is 10.4. The number of carbonyl (C=O) groups is 1. The summed E-state index contributed by atoms with van der Waals surface area (Å²) in [7, 11) is -3.25. The van der Waals surface area contributed by atoms with Crippen molar-refractivity contribution in [3.8, 4) is 5.75 Å². The van der Waals surface area contributed by atoms with Gasteiger partial charge in [-0.15, -0.1) is 0 Å². The van der Waals surface area contributed by atoms with Gasteiger partial charge in [-0.2, -0.15) is 0 Å². The van der Waals surface area contributed by atoms with Crippen molar-refractivity contribution in [1.29, 1.82) is 0 Å². The maximum absolute atomic E-state index is 13.0. The molecule has 1 aromatic heterocycles. The third-order valence-electron chi connectivity index (χ3n) is 5.73. The lowest BCUT2D eigenvalue weighted by Crippen LogP contribution is -2.53. The minimum Gasteiger partial charge on any atom is -0.492 e. The van der Waals surface area contributed by atoms with Crippen LogP contribution < -0.4 is 9.64 Å². The van der Waals surface area contributed by atoms with E-state index in [9.17, 15) is 13.2 Å². The number of sulfonamides is 1. The fourth-order valence-corrected chi connectivity index (χ4v) is 6.09. The summed E-state index contributed by atoms with van der Waals surface area (Å²) in [6.07, 6.45) is 2.70. The average molecular weight is 453 g/mol. The summed E-state index contributed by atoms with van der Waals surface area (Å²) in [6.45, 7) is 6.07. The van der Waals surface area contributed by atoms with Gasteiger partial charge in [0, 0.05) is 39.3 Å². The van der Waals surface area contributed by atoms with Crippen LogP contribution >= 0.6 is 11.3 Å². The maximum atomic E-state index is 13.0. The Labute approximate surface area is 181 Å². The van der Waals surface area contributed by atoms with E-state index in [1.807, 2.05) is 24.0 Å². The standard InChI is InChI=1S/C20H28N4O4S2/c1-3-28-16-7-4-8-17-18(16)21-20(29-17)23-12-10-22(11-13-23)19(25)15-6-5-9-24(14-15)30(2,26)27/h4,7-8,15H,3,5-6,9-14H2,1-2H3. The Balaban J connectivity index is 1.40. The molecule has 0 aliphatic carbocycles. The molecule has 2 aliphatic heterocycles. The summed E-state index contributed by atoms with van der Waals surface area (Å²) in [5, 5.41) is 0.949. The molecular weight excluding hydrogens is 424 g/mol. The van der Waals surface area contributed by atoms with Gasteiger partial charge in [0.1, 0.15) is 11.3 Å². The first-order chi connectivity index (χ1) is 14.4. The number of anilines is 1. The summed E-state index contributed by atoms with van der Waals surface area (Å²) < 4.78 is 31.9. The number of piperazine rings is 1. The van der Waals surface area contributed by atoms with E-state index in [0.29, 0.717) is 32.8 Å². The van der Waals surface area contributed by atoms with Gasteiger partial charge >= 0.3 is 0 Å². The van der Waals surface area contributed by atoms with Gasteiger partial charge in [0.15, 0.2) is 5.13 Å². The highest BCUT2D eigenvalue weighted by molar-refractivity contribution is 7.88. The molecule has 164 valence electrons. The van der Waals surface area contributed by atoms with Crippen LogP contribution in [0.5, 0.6) is 5.75 Å². The summed E-state index contributed by atoms with van der Waals surface area (Å²) in [6, 6.07) is 5.97. The van der Waals surface area contributed by atoms with Gasteiger partial charge in [0.25, 0.3) is 0 Å². The second-order valence-corrected chi connectivity index (χ2v) is 10.8. The number of carbonyl (C=O) groups excluding carboxylic acids is 1. The number of thiazole rings is 1. The summed E-state index contributed by atoms with van der Waals surface area (Å²) in [5.74, 6) is 0.640. The molecule has 1 atom stereocenters. The molecule has 2 aromatic rings. The topological polar surface area (TPSA) is 83.0 Å². The number of aromatic nitrogens is 1. The zero-order chi connectivity index (χ0) is 21.3. The predicted octanol–water partition coefficient (Wildman–Crippen LogP) is 2.02. The SMILES string of the molecule is CCOc1cccc2sc(N3CCN(C(=O)C4CCCN(S(C)(=O)=O)C4)CC3)nc12. The lowest BCUT2D eigenvalue weighted by Gasteiger charge is -2.38. The third-order valence-corrected chi connectivity index (χ3v) is 8.09. The summed E-state index contributed by atoms with van der Waals surface area (Å²) in [4.78, 5) is 21.9. The molecule has 0 bridgehead atoms. The largest absolute Gasteiger partial charge is 0.492 e. The fourth-order valence-electron chi connectivity index (χ4n) is 4.14. The molecule has 1 amide bonds. The van der Waals surface area contributed by atoms with Crippen molar-refractivity contribution in [2.24, 2.45) is 5.92 Å². The Morgan fingerprint density at radius 2 is 2.00 bits per heavy atom. The Kier molecular flexibility index (Phi) is 6.17. The monoisotopic (exact) mass is 452 g/mol. The molecule has 2 aliphatic rings. The van der Waals surface area contributed by atoms with E-state index in [4.69, 9.17) is 9.72 Å². The Hall–Kier alpha value is -1.91. The maximum Gasteiger partial charge on any atom is 0.227 e. The van der Waals surface area contributed by atoms with E-state index >= 15 is 0 Å². The first-order valence-corrected chi connectivity index (χ1v) is 13.0. The van der Waals surface area contributed by atoms with E-state index in [1.165, 1.54) is 10.6 Å². The van der Waals surface area contributed by atoms with E-state index < -0.39 is 10.0 Å². The van der Waals surface area contributed by atoms with Crippen molar-refractivity contribution in [3.63, 3.8) is 0 Å². The average Bonchev–Trinajstić information content (AvgIpc) is 3.18. The highest BCUT2D eigenvalue weighted by Crippen LogP contribution is 2.34. The number of piperidine rings is 1. The van der Waals surface area contributed by atoms with E-state index in [0.717, 1.165) is 47.0 Å². The van der Waals surface area contributed by atoms with E-state index in [-0.39, 0.29) is 11.8 Å². The van der Waals surface area contributed by atoms with Crippen molar-refractivity contribution >= 4 is 42.6 Å². The van der Waals surface area contributed by atoms with Gasteiger partial charge in [-0.05, 0) is 31.9 Å². The number of nitrogens with zero attached hydrogens (tertiary/aromatic N) is 4. The van der Waals surface area contributed by atoms with Crippen molar-refractivity contribution in [2.45, 2.75) is 19.8 Å². The summed E-state index contributed by atoms with van der Waals surface area (Å²) in [5.41, 5.74) is 0.890. The van der Waals surface area contributed by atoms with Crippen LogP contribution in [0.2, 0.25) is 0 Å². The van der Waals surface area contributed by atoms with E-state index in [2.05, 4.69) is 11.0 Å². The molecule has 3 heterocycles. The number of para-hydroxylation sites is 1. The van der Waals surface area contributed by atoms with Crippen LogP contribution in [0.1, 0.15) is 19.8 Å². The number of amides is 1. The molecule has 0 radical (unpaired) electrons. The molecule has 0 N–H and O–H groups in total. The molecule has 1 unspecified atom stereocenters. The van der Waals surface area contributed by atoms with Crippen LogP contribution in [0.25, 0.3) is 10.2 Å². The van der Waals surface area contributed by atoms with Gasteiger partial charge in [-0.3, -0.25) is 4.79 Å². The van der Waals surface area contributed by atoms with Crippen LogP contribution in [0.3, 0.4) is 0 Å². The van der Waals surface area contributed by atoms with Gasteiger partial charge < -0.3 is 14.5 Å². The Bertz CT molecular complexity index is 1010. The minimum atomic E-state index is -3.25. The van der Waals surface area contributed by atoms with Gasteiger partial charge in [0.2, 0.25) is 15.9 Å². The normalized spacial score (nSPS) is 21.2. The number of hydrogen-bond acceptors (Lipinski definition) is 7. The Morgan fingerprint density at radius 3 is 2.70 bits per heavy atom. The van der Waals surface area contributed by atoms with Crippen molar-refractivity contribution in [3.05, 3.63) is 18.2 Å². The van der Waals surface area contributed by atoms with Crippen LogP contribution in [0.4, 0.5) is 5.13 Å². The van der Waals surface area contributed by atoms with Crippen molar-refractivity contribution in [2.75, 3.05) is 57.0 Å². The van der Waals surface area contributed by atoms with Gasteiger partial charge in [-0.1, -0.05) is 17.4 Å². The molecular formula is C20H28N4O4S2. The highest BCUT2D eigenvalue weighted by Gasteiger charge is 2.34. The molecule has 2 fully saturated rings. The molecule has 30 heavy (non-hydrogen) atoms. The van der Waals surface area contributed by atoms with Crippen LogP contribution in [-0.4, -0.2) is 80.6 Å². The molecule has 2 saturated heterocycles. The van der Waals surface area contributed by atoms with Crippen LogP contribution in [-0.2, 0) is 14.8 Å². The number of rotatable bonds is 5. The first kappa shape index (κ1) is 21.3. The smallest absolute Gasteiger partial charge is 0.227 e. The lowest BCUT2D eigenvalue weighted by molar-refractivity contribution is -0.137. The third kappa shape index (κ3) is 4.40. The Morgan fingerprint density at radius 1 is 1.23 bits per heavy atom. The minimum absolute atomic E-state index is 0.0749. The molecule has 10 heteroatoms.